The van der Waals surface area contributed by atoms with E-state index in [9.17, 15) is 23.3 Å². The van der Waals surface area contributed by atoms with Gasteiger partial charge in [-0.25, -0.2) is 4.98 Å². The Kier molecular flexibility index (Phi) is 3.48. The molecule has 8 heteroatoms. The van der Waals surface area contributed by atoms with Crippen LogP contribution in [0.5, 0.6) is 0 Å². The second-order valence-electron chi connectivity index (χ2n) is 2.68. The number of hydrogen-bond acceptors (Lipinski definition) is 3. The van der Waals surface area contributed by atoms with Gasteiger partial charge in [-0.05, 0) is 12.1 Å². The van der Waals surface area contributed by atoms with Crippen molar-refractivity contribution in [2.24, 2.45) is 0 Å². The molecule has 0 aromatic carbocycles. The van der Waals surface area contributed by atoms with E-state index in [2.05, 4.69) is 4.98 Å². The topological polar surface area (TPSA) is 56.0 Å². The van der Waals surface area contributed by atoms with Crippen LogP contribution in [0.2, 0.25) is 5.15 Å². The van der Waals surface area contributed by atoms with Gasteiger partial charge in [0.15, 0.2) is 0 Å². The molecule has 1 aromatic rings. The minimum Gasteiger partial charge on any atom is -0.259 e. The molecule has 0 saturated heterocycles. The van der Waals surface area contributed by atoms with Crippen molar-refractivity contribution in [3.05, 3.63) is 44.9 Å². The first kappa shape index (κ1) is 12.4. The van der Waals surface area contributed by atoms with Gasteiger partial charge in [0.05, 0.1) is 4.92 Å². The first-order valence-corrected chi connectivity index (χ1v) is 4.24. The van der Waals surface area contributed by atoms with Crippen LogP contribution in [-0.2, 0) is 6.18 Å². The summed E-state index contributed by atoms with van der Waals surface area (Å²) in [5.74, 6) is 0. The molecule has 0 unspecified atom stereocenters. The average Bonchev–Trinajstić information content (AvgIpc) is 2.14. The third-order valence-corrected chi connectivity index (χ3v) is 1.85. The largest absolute Gasteiger partial charge is 0.433 e. The standard InChI is InChI=1S/C8H4ClF3N2O2/c9-7-5(3-4-14(15)16)1-2-6(13-7)8(10,11)12/h1-4H. The summed E-state index contributed by atoms with van der Waals surface area (Å²) in [6.45, 7) is 0. The zero-order chi connectivity index (χ0) is 12.3. The van der Waals surface area contributed by atoms with Crippen molar-refractivity contribution in [2.45, 2.75) is 6.18 Å². The molecule has 1 heterocycles. The number of hydrogen-bond donors (Lipinski definition) is 0. The summed E-state index contributed by atoms with van der Waals surface area (Å²) in [6, 6.07) is 1.71. The van der Waals surface area contributed by atoms with Crippen LogP contribution < -0.4 is 0 Å². The lowest BCUT2D eigenvalue weighted by Crippen LogP contribution is -2.08. The van der Waals surface area contributed by atoms with E-state index in [0.717, 1.165) is 12.1 Å². The lowest BCUT2D eigenvalue weighted by molar-refractivity contribution is -0.400. The van der Waals surface area contributed by atoms with Crippen molar-refractivity contribution < 1.29 is 18.1 Å². The van der Waals surface area contributed by atoms with Crippen LogP contribution in [0.4, 0.5) is 13.2 Å². The smallest absolute Gasteiger partial charge is 0.259 e. The van der Waals surface area contributed by atoms with Crippen LogP contribution in [0.1, 0.15) is 11.3 Å². The lowest BCUT2D eigenvalue weighted by atomic mass is 10.2. The van der Waals surface area contributed by atoms with E-state index in [-0.39, 0.29) is 5.56 Å². The molecule has 0 N–H and O–H groups in total. The van der Waals surface area contributed by atoms with Crippen LogP contribution in [-0.4, -0.2) is 9.91 Å². The van der Waals surface area contributed by atoms with Gasteiger partial charge in [-0.15, -0.1) is 0 Å². The molecule has 0 saturated carbocycles. The summed E-state index contributed by atoms with van der Waals surface area (Å²) in [5, 5.41) is 9.55. The van der Waals surface area contributed by atoms with E-state index in [0.29, 0.717) is 12.3 Å². The minimum atomic E-state index is -4.59. The molecule has 1 aromatic heterocycles. The van der Waals surface area contributed by atoms with Gasteiger partial charge in [-0.3, -0.25) is 10.1 Å². The van der Waals surface area contributed by atoms with Crippen LogP contribution in [0.25, 0.3) is 6.08 Å². The molecule has 0 spiro atoms. The Hall–Kier alpha value is -1.63. The number of rotatable bonds is 2. The zero-order valence-electron chi connectivity index (χ0n) is 7.53. The third-order valence-electron chi connectivity index (χ3n) is 1.54. The molecule has 1 rings (SSSR count). The first-order chi connectivity index (χ1) is 7.30. The highest BCUT2D eigenvalue weighted by Gasteiger charge is 2.32. The van der Waals surface area contributed by atoms with Gasteiger partial charge >= 0.3 is 6.18 Å². The molecule has 0 atom stereocenters. The average molecular weight is 253 g/mol. The van der Waals surface area contributed by atoms with E-state index < -0.39 is 21.9 Å². The molecule has 0 bridgehead atoms. The van der Waals surface area contributed by atoms with E-state index in [4.69, 9.17) is 11.6 Å². The first-order valence-electron chi connectivity index (χ1n) is 3.86. The summed E-state index contributed by atoms with van der Waals surface area (Å²) in [7, 11) is 0. The maximum atomic E-state index is 12.2. The molecular weight excluding hydrogens is 249 g/mol. The Bertz CT molecular complexity index is 445. The van der Waals surface area contributed by atoms with Crippen molar-refractivity contribution in [2.75, 3.05) is 0 Å². The SMILES string of the molecule is O=[N+]([O-])C=Cc1ccc(C(F)(F)F)nc1Cl. The summed E-state index contributed by atoms with van der Waals surface area (Å²) in [5.41, 5.74) is -1.10. The number of aromatic nitrogens is 1. The normalized spacial score (nSPS) is 12.0. The quantitative estimate of drug-likeness (QED) is 0.462. The van der Waals surface area contributed by atoms with Gasteiger partial charge in [-0.1, -0.05) is 11.6 Å². The highest BCUT2D eigenvalue weighted by atomic mass is 35.5. The van der Waals surface area contributed by atoms with Crippen molar-refractivity contribution in [1.29, 1.82) is 0 Å². The minimum absolute atomic E-state index is 0.0476. The third kappa shape index (κ3) is 3.20. The second-order valence-corrected chi connectivity index (χ2v) is 3.03. The monoisotopic (exact) mass is 252 g/mol. The Labute approximate surface area is 92.5 Å². The molecule has 0 aliphatic heterocycles. The van der Waals surface area contributed by atoms with Crippen LogP contribution in [0, 0.1) is 10.1 Å². The predicted octanol–water partition coefficient (Wildman–Crippen LogP) is 3.00. The highest BCUT2D eigenvalue weighted by molar-refractivity contribution is 6.30. The number of halogens is 4. The fourth-order valence-corrected chi connectivity index (χ4v) is 1.09. The van der Waals surface area contributed by atoms with Crippen LogP contribution >= 0.6 is 11.6 Å². The zero-order valence-corrected chi connectivity index (χ0v) is 8.29. The Morgan fingerprint density at radius 2 is 2.06 bits per heavy atom. The van der Waals surface area contributed by atoms with Gasteiger partial charge < -0.3 is 0 Å². The van der Waals surface area contributed by atoms with Gasteiger partial charge in [0, 0.05) is 11.6 Å². The summed E-state index contributed by atoms with van der Waals surface area (Å²) in [6.07, 6.45) is -3.05. The highest BCUT2D eigenvalue weighted by Crippen LogP contribution is 2.29. The maximum absolute atomic E-state index is 12.2. The molecule has 0 fully saturated rings. The molecule has 0 aliphatic carbocycles. The van der Waals surface area contributed by atoms with E-state index in [1.165, 1.54) is 0 Å². The molecular formula is C8H4ClF3N2O2. The molecule has 4 nitrogen and oxygen atoms in total. The Balaban J connectivity index is 3.05. The Morgan fingerprint density at radius 3 is 2.50 bits per heavy atom. The van der Waals surface area contributed by atoms with Gasteiger partial charge in [0.1, 0.15) is 10.8 Å². The van der Waals surface area contributed by atoms with Gasteiger partial charge in [-0.2, -0.15) is 13.2 Å². The molecule has 0 aliphatic rings. The summed E-state index contributed by atoms with van der Waals surface area (Å²) >= 11 is 5.43. The van der Waals surface area contributed by atoms with Crippen LogP contribution in [0.15, 0.2) is 18.3 Å². The predicted molar refractivity (Wildman–Crippen MR) is 50.3 cm³/mol. The number of pyridine rings is 1. The fraction of sp³-hybridized carbons (Fsp3) is 0.125. The number of nitro groups is 1. The lowest BCUT2D eigenvalue weighted by Gasteiger charge is -2.06. The number of alkyl halides is 3. The Morgan fingerprint density at radius 1 is 1.44 bits per heavy atom. The molecule has 86 valence electrons. The fourth-order valence-electron chi connectivity index (χ4n) is 0.868. The van der Waals surface area contributed by atoms with Gasteiger partial charge in [0.25, 0.3) is 0 Å². The van der Waals surface area contributed by atoms with E-state index in [1.807, 2.05) is 0 Å². The molecule has 16 heavy (non-hydrogen) atoms. The summed E-state index contributed by atoms with van der Waals surface area (Å²) < 4.78 is 36.5. The summed E-state index contributed by atoms with van der Waals surface area (Å²) in [4.78, 5) is 12.3. The van der Waals surface area contributed by atoms with Crippen molar-refractivity contribution >= 4 is 17.7 Å². The van der Waals surface area contributed by atoms with Crippen LogP contribution in [0.3, 0.4) is 0 Å². The maximum Gasteiger partial charge on any atom is 0.433 e. The van der Waals surface area contributed by atoms with E-state index >= 15 is 0 Å². The molecule has 0 amide bonds. The second kappa shape index (κ2) is 4.48. The molecule has 0 radical (unpaired) electrons. The number of nitrogens with zero attached hydrogens (tertiary/aromatic N) is 2. The van der Waals surface area contributed by atoms with Crippen molar-refractivity contribution in [3.63, 3.8) is 0 Å². The van der Waals surface area contributed by atoms with E-state index in [1.54, 1.807) is 0 Å². The van der Waals surface area contributed by atoms with Crippen molar-refractivity contribution in [3.8, 4) is 0 Å². The van der Waals surface area contributed by atoms with Gasteiger partial charge in [0.2, 0.25) is 6.20 Å². The van der Waals surface area contributed by atoms with Crippen molar-refractivity contribution in [1.82, 2.24) is 4.98 Å².